The zero-order valence-corrected chi connectivity index (χ0v) is 12.3. The van der Waals surface area contributed by atoms with Crippen LogP contribution in [0.1, 0.15) is 42.5 Å². The van der Waals surface area contributed by atoms with E-state index in [1.165, 1.54) is 12.8 Å². The highest BCUT2D eigenvalue weighted by molar-refractivity contribution is 5.94. The highest BCUT2D eigenvalue weighted by Crippen LogP contribution is 2.18. The maximum atomic E-state index is 12.6. The molecule has 1 amide bonds. The third kappa shape index (κ3) is 3.73. The molecule has 0 bridgehead atoms. The largest absolute Gasteiger partial charge is 0.472 e. The molecular formula is C16H22N2O3. The van der Waals surface area contributed by atoms with Crippen molar-refractivity contribution >= 4 is 5.91 Å². The topological polar surface area (TPSA) is 51.7 Å². The first-order valence-corrected chi connectivity index (χ1v) is 7.83. The number of rotatable bonds is 3. The van der Waals surface area contributed by atoms with Gasteiger partial charge in [0.05, 0.1) is 13.2 Å². The summed E-state index contributed by atoms with van der Waals surface area (Å²) >= 11 is 0. The van der Waals surface area contributed by atoms with Crippen LogP contribution in [-0.4, -0.2) is 48.2 Å². The lowest BCUT2D eigenvalue weighted by molar-refractivity contribution is 0.0760. The maximum absolute atomic E-state index is 12.6. The minimum atomic E-state index is 0.0565. The van der Waals surface area contributed by atoms with Crippen molar-refractivity contribution in [1.82, 2.24) is 9.88 Å². The van der Waals surface area contributed by atoms with Gasteiger partial charge in [-0.05, 0) is 18.9 Å². The molecule has 21 heavy (non-hydrogen) atoms. The molecule has 2 aliphatic heterocycles. The van der Waals surface area contributed by atoms with Gasteiger partial charge in [0.1, 0.15) is 6.10 Å². The second-order valence-corrected chi connectivity index (χ2v) is 5.69. The zero-order chi connectivity index (χ0) is 14.5. The van der Waals surface area contributed by atoms with E-state index in [0.29, 0.717) is 18.1 Å². The fourth-order valence-electron chi connectivity index (χ4n) is 2.84. The van der Waals surface area contributed by atoms with Crippen molar-refractivity contribution < 1.29 is 14.3 Å². The van der Waals surface area contributed by atoms with Gasteiger partial charge in [0, 0.05) is 37.3 Å². The van der Waals surface area contributed by atoms with Crippen LogP contribution in [0.2, 0.25) is 0 Å². The number of nitrogens with zero attached hydrogens (tertiary/aromatic N) is 2. The van der Waals surface area contributed by atoms with Gasteiger partial charge in [-0.25, -0.2) is 4.98 Å². The van der Waals surface area contributed by atoms with E-state index in [2.05, 4.69) is 4.98 Å². The van der Waals surface area contributed by atoms with Gasteiger partial charge in [0.25, 0.3) is 5.91 Å². The number of amides is 1. The second-order valence-electron chi connectivity index (χ2n) is 5.69. The van der Waals surface area contributed by atoms with Crippen LogP contribution < -0.4 is 4.74 Å². The molecule has 0 aliphatic carbocycles. The van der Waals surface area contributed by atoms with Gasteiger partial charge < -0.3 is 14.4 Å². The number of hydrogen-bond acceptors (Lipinski definition) is 4. The molecule has 3 heterocycles. The molecule has 1 unspecified atom stereocenters. The van der Waals surface area contributed by atoms with E-state index in [1.807, 2.05) is 4.90 Å². The Hall–Kier alpha value is -1.62. The molecule has 5 nitrogen and oxygen atoms in total. The van der Waals surface area contributed by atoms with Crippen molar-refractivity contribution in [3.63, 3.8) is 0 Å². The molecular weight excluding hydrogens is 268 g/mol. The highest BCUT2D eigenvalue weighted by atomic mass is 16.5. The van der Waals surface area contributed by atoms with Crippen molar-refractivity contribution in [3.05, 3.63) is 23.9 Å². The van der Waals surface area contributed by atoms with Crippen LogP contribution in [0.25, 0.3) is 0 Å². The van der Waals surface area contributed by atoms with Gasteiger partial charge in [-0.2, -0.15) is 0 Å². The predicted molar refractivity (Wildman–Crippen MR) is 78.5 cm³/mol. The second kappa shape index (κ2) is 6.89. The molecule has 0 aromatic carbocycles. The Morgan fingerprint density at radius 2 is 2.10 bits per heavy atom. The van der Waals surface area contributed by atoms with E-state index in [1.54, 1.807) is 18.3 Å². The first-order chi connectivity index (χ1) is 10.3. The predicted octanol–water partition coefficient (Wildman–Crippen LogP) is 2.27. The van der Waals surface area contributed by atoms with Crippen molar-refractivity contribution in [2.75, 3.05) is 26.3 Å². The Labute approximate surface area is 125 Å². The minimum absolute atomic E-state index is 0.0565. The third-order valence-corrected chi connectivity index (χ3v) is 4.05. The summed E-state index contributed by atoms with van der Waals surface area (Å²) < 4.78 is 11.1. The van der Waals surface area contributed by atoms with E-state index in [4.69, 9.17) is 9.47 Å². The minimum Gasteiger partial charge on any atom is -0.472 e. The van der Waals surface area contributed by atoms with Crippen LogP contribution in [-0.2, 0) is 4.74 Å². The molecule has 1 aromatic rings. The van der Waals surface area contributed by atoms with Crippen molar-refractivity contribution in [2.24, 2.45) is 0 Å². The fraction of sp³-hybridized carbons (Fsp3) is 0.625. The van der Waals surface area contributed by atoms with Crippen LogP contribution in [0, 0.1) is 0 Å². The molecule has 1 atom stereocenters. The van der Waals surface area contributed by atoms with E-state index in [0.717, 1.165) is 39.0 Å². The SMILES string of the molecule is O=C(c1ccnc(OC2CCOC2)c1)N1CCCCCC1. The highest BCUT2D eigenvalue weighted by Gasteiger charge is 2.20. The summed E-state index contributed by atoms with van der Waals surface area (Å²) in [4.78, 5) is 18.7. The van der Waals surface area contributed by atoms with Gasteiger partial charge >= 0.3 is 0 Å². The molecule has 0 spiro atoms. The molecule has 0 saturated carbocycles. The summed E-state index contributed by atoms with van der Waals surface area (Å²) in [7, 11) is 0. The summed E-state index contributed by atoms with van der Waals surface area (Å²) in [6.45, 7) is 3.05. The Balaban J connectivity index is 1.67. The van der Waals surface area contributed by atoms with E-state index < -0.39 is 0 Å². The van der Waals surface area contributed by atoms with Gasteiger partial charge in [-0.3, -0.25) is 4.79 Å². The van der Waals surface area contributed by atoms with Crippen molar-refractivity contribution in [2.45, 2.75) is 38.2 Å². The molecule has 2 fully saturated rings. The van der Waals surface area contributed by atoms with Crippen LogP contribution in [0.5, 0.6) is 5.88 Å². The first kappa shape index (κ1) is 14.3. The molecule has 0 radical (unpaired) electrons. The fourth-order valence-corrected chi connectivity index (χ4v) is 2.84. The lowest BCUT2D eigenvalue weighted by Crippen LogP contribution is -2.31. The van der Waals surface area contributed by atoms with Crippen molar-refractivity contribution in [1.29, 1.82) is 0 Å². The number of pyridine rings is 1. The average molecular weight is 290 g/mol. The molecule has 5 heteroatoms. The van der Waals surface area contributed by atoms with E-state index >= 15 is 0 Å². The number of carbonyl (C=O) groups is 1. The smallest absolute Gasteiger partial charge is 0.254 e. The normalized spacial score (nSPS) is 22.9. The Kier molecular flexibility index (Phi) is 4.70. The average Bonchev–Trinajstić information content (AvgIpc) is 2.87. The van der Waals surface area contributed by atoms with Crippen molar-refractivity contribution in [3.8, 4) is 5.88 Å². The molecule has 2 aliphatic rings. The first-order valence-electron chi connectivity index (χ1n) is 7.83. The zero-order valence-electron chi connectivity index (χ0n) is 12.3. The van der Waals surface area contributed by atoms with E-state index in [-0.39, 0.29) is 12.0 Å². The van der Waals surface area contributed by atoms with Crippen LogP contribution in [0.4, 0.5) is 0 Å². The van der Waals surface area contributed by atoms with Crippen LogP contribution in [0.3, 0.4) is 0 Å². The number of aromatic nitrogens is 1. The Bertz CT molecular complexity index is 478. The van der Waals surface area contributed by atoms with Gasteiger partial charge in [-0.1, -0.05) is 12.8 Å². The van der Waals surface area contributed by atoms with Gasteiger partial charge in [-0.15, -0.1) is 0 Å². The molecule has 0 N–H and O–H groups in total. The van der Waals surface area contributed by atoms with E-state index in [9.17, 15) is 4.79 Å². The van der Waals surface area contributed by atoms with Gasteiger partial charge in [0.15, 0.2) is 0 Å². The Morgan fingerprint density at radius 3 is 2.81 bits per heavy atom. The Morgan fingerprint density at radius 1 is 1.29 bits per heavy atom. The maximum Gasteiger partial charge on any atom is 0.254 e. The summed E-state index contributed by atoms with van der Waals surface area (Å²) in [6, 6.07) is 3.52. The summed E-state index contributed by atoms with van der Waals surface area (Å²) in [5.74, 6) is 0.609. The molecule has 1 aromatic heterocycles. The van der Waals surface area contributed by atoms with Crippen LogP contribution >= 0.6 is 0 Å². The molecule has 114 valence electrons. The van der Waals surface area contributed by atoms with Crippen LogP contribution in [0.15, 0.2) is 18.3 Å². The summed E-state index contributed by atoms with van der Waals surface area (Å²) in [5.41, 5.74) is 0.667. The lowest BCUT2D eigenvalue weighted by atomic mass is 10.2. The summed E-state index contributed by atoms with van der Waals surface area (Å²) in [6.07, 6.45) is 7.22. The molecule has 2 saturated heterocycles. The molecule has 3 rings (SSSR count). The number of ether oxygens (including phenoxy) is 2. The lowest BCUT2D eigenvalue weighted by Gasteiger charge is -2.20. The quantitative estimate of drug-likeness (QED) is 0.857. The number of hydrogen-bond donors (Lipinski definition) is 0. The summed E-state index contributed by atoms with van der Waals surface area (Å²) in [5, 5.41) is 0. The monoisotopic (exact) mass is 290 g/mol. The van der Waals surface area contributed by atoms with Gasteiger partial charge in [0.2, 0.25) is 5.88 Å². The number of carbonyl (C=O) groups excluding carboxylic acids is 1. The standard InChI is InChI=1S/C16H22N2O3/c19-16(18-8-3-1-2-4-9-18)13-5-7-17-15(11-13)21-14-6-10-20-12-14/h5,7,11,14H,1-4,6,8-10,12H2. The number of likely N-dealkylation sites (tertiary alicyclic amines) is 1. The third-order valence-electron chi connectivity index (χ3n) is 4.05.